The van der Waals surface area contributed by atoms with E-state index in [2.05, 4.69) is 0 Å². The van der Waals surface area contributed by atoms with Crippen molar-refractivity contribution in [1.29, 1.82) is 0 Å². The van der Waals surface area contributed by atoms with Crippen molar-refractivity contribution in [1.82, 2.24) is 4.90 Å². The Morgan fingerprint density at radius 2 is 2.33 bits per heavy atom. The molecule has 2 rings (SSSR count). The minimum absolute atomic E-state index is 0.199. The van der Waals surface area contributed by atoms with Crippen LogP contribution in [0.3, 0.4) is 0 Å². The molecule has 86 valence electrons. The van der Waals surface area contributed by atoms with Gasteiger partial charge in [-0.1, -0.05) is 0 Å². The maximum absolute atomic E-state index is 12.0. The average Bonchev–Trinajstić information content (AvgIpc) is 2.16. The van der Waals surface area contributed by atoms with Gasteiger partial charge >= 0.3 is 0 Å². The van der Waals surface area contributed by atoms with Crippen LogP contribution < -0.4 is 5.73 Å². The Bertz CT molecular complexity index is 251. The summed E-state index contributed by atoms with van der Waals surface area (Å²) in [5.41, 5.74) is 5.88. The lowest BCUT2D eigenvalue weighted by atomic mass is 9.75. The average molecular weight is 212 g/mol. The summed E-state index contributed by atoms with van der Waals surface area (Å²) in [6, 6.07) is 0.204. The summed E-state index contributed by atoms with van der Waals surface area (Å²) in [5.74, 6) is 0.202. The molecule has 1 atom stereocenters. The molecule has 2 N–H and O–H groups in total. The third-order valence-electron chi connectivity index (χ3n) is 3.54. The van der Waals surface area contributed by atoms with Crippen molar-refractivity contribution in [3.05, 3.63) is 0 Å². The Morgan fingerprint density at radius 3 is 2.87 bits per heavy atom. The molecule has 1 saturated carbocycles. The molecule has 0 aromatic rings. The van der Waals surface area contributed by atoms with E-state index in [1.165, 1.54) is 6.42 Å². The van der Waals surface area contributed by atoms with Crippen molar-refractivity contribution in [2.24, 2.45) is 5.73 Å². The highest BCUT2D eigenvalue weighted by Gasteiger charge is 2.37. The molecular weight excluding hydrogens is 192 g/mol. The second-order valence-corrected chi connectivity index (χ2v) is 4.90. The van der Waals surface area contributed by atoms with Crippen LogP contribution in [0.1, 0.15) is 32.6 Å². The lowest BCUT2D eigenvalue weighted by Gasteiger charge is -2.41. The van der Waals surface area contributed by atoms with Crippen LogP contribution >= 0.6 is 0 Å². The monoisotopic (exact) mass is 212 g/mol. The van der Waals surface area contributed by atoms with Crippen molar-refractivity contribution in [3.63, 3.8) is 0 Å². The van der Waals surface area contributed by atoms with Crippen LogP contribution in [-0.4, -0.2) is 42.1 Å². The van der Waals surface area contributed by atoms with Gasteiger partial charge in [0.1, 0.15) is 0 Å². The Labute approximate surface area is 90.8 Å². The molecular formula is C11H20N2O2. The van der Waals surface area contributed by atoms with Crippen molar-refractivity contribution in [3.8, 4) is 0 Å². The van der Waals surface area contributed by atoms with Gasteiger partial charge in [-0.3, -0.25) is 4.79 Å². The van der Waals surface area contributed by atoms with E-state index in [4.69, 9.17) is 10.5 Å². The van der Waals surface area contributed by atoms with Gasteiger partial charge in [0.2, 0.25) is 5.91 Å². The highest BCUT2D eigenvalue weighted by molar-refractivity contribution is 5.78. The fourth-order valence-corrected chi connectivity index (χ4v) is 2.31. The molecule has 4 nitrogen and oxygen atoms in total. The van der Waals surface area contributed by atoms with Crippen LogP contribution in [0.4, 0.5) is 0 Å². The van der Waals surface area contributed by atoms with E-state index < -0.39 is 0 Å². The number of morpholine rings is 1. The second-order valence-electron chi connectivity index (χ2n) is 4.90. The van der Waals surface area contributed by atoms with Crippen LogP contribution in [-0.2, 0) is 9.53 Å². The van der Waals surface area contributed by atoms with Crippen molar-refractivity contribution in [2.45, 2.75) is 44.2 Å². The number of carbonyl (C=O) groups excluding carboxylic acids is 1. The molecule has 0 spiro atoms. The number of rotatable bonds is 2. The Hall–Kier alpha value is -0.610. The van der Waals surface area contributed by atoms with E-state index in [0.717, 1.165) is 19.4 Å². The number of nitrogens with two attached hydrogens (primary N) is 1. The third kappa shape index (κ3) is 2.32. The fourth-order valence-electron chi connectivity index (χ4n) is 2.31. The van der Waals surface area contributed by atoms with E-state index in [-0.39, 0.29) is 17.5 Å². The first kappa shape index (κ1) is 10.9. The largest absolute Gasteiger partial charge is 0.377 e. The number of carbonyl (C=O) groups is 1. The zero-order chi connectivity index (χ0) is 10.9. The topological polar surface area (TPSA) is 55.6 Å². The highest BCUT2D eigenvalue weighted by Crippen LogP contribution is 2.32. The maximum atomic E-state index is 12.0. The predicted octanol–water partition coefficient (Wildman–Crippen LogP) is 0.505. The smallest absolute Gasteiger partial charge is 0.224 e. The lowest BCUT2D eigenvalue weighted by molar-refractivity contribution is -0.141. The molecule has 0 radical (unpaired) electrons. The van der Waals surface area contributed by atoms with Gasteiger partial charge in [-0.25, -0.2) is 0 Å². The number of hydrogen-bond acceptors (Lipinski definition) is 3. The molecule has 15 heavy (non-hydrogen) atoms. The summed E-state index contributed by atoms with van der Waals surface area (Å²) in [6.07, 6.45) is 3.68. The van der Waals surface area contributed by atoms with Gasteiger partial charge in [0.05, 0.1) is 19.3 Å². The zero-order valence-corrected chi connectivity index (χ0v) is 9.37. The van der Waals surface area contributed by atoms with E-state index in [1.807, 2.05) is 11.8 Å². The van der Waals surface area contributed by atoms with Gasteiger partial charge in [0.15, 0.2) is 0 Å². The summed E-state index contributed by atoms with van der Waals surface area (Å²) >= 11 is 0. The maximum Gasteiger partial charge on any atom is 0.224 e. The molecule has 0 aromatic carbocycles. The summed E-state index contributed by atoms with van der Waals surface area (Å²) in [6.45, 7) is 4.06. The summed E-state index contributed by atoms with van der Waals surface area (Å²) < 4.78 is 5.31. The van der Waals surface area contributed by atoms with Gasteiger partial charge in [-0.05, 0) is 26.2 Å². The minimum atomic E-state index is -0.199. The van der Waals surface area contributed by atoms with Crippen LogP contribution in [0.25, 0.3) is 0 Å². The zero-order valence-electron chi connectivity index (χ0n) is 9.37. The van der Waals surface area contributed by atoms with E-state index in [1.54, 1.807) is 0 Å². The van der Waals surface area contributed by atoms with Crippen LogP contribution in [0, 0.1) is 0 Å². The first-order valence-corrected chi connectivity index (χ1v) is 5.77. The quantitative estimate of drug-likeness (QED) is 0.725. The molecule has 0 bridgehead atoms. The SMILES string of the molecule is C[C@@H]1COCCN1C(=O)CC1(N)CCC1. The second kappa shape index (κ2) is 4.10. The molecule has 1 aliphatic carbocycles. The van der Waals surface area contributed by atoms with Crippen molar-refractivity contribution < 1.29 is 9.53 Å². The van der Waals surface area contributed by atoms with E-state index >= 15 is 0 Å². The van der Waals surface area contributed by atoms with Gasteiger partial charge in [0.25, 0.3) is 0 Å². The first-order chi connectivity index (χ1) is 7.11. The number of hydrogen-bond donors (Lipinski definition) is 1. The molecule has 1 heterocycles. The van der Waals surface area contributed by atoms with Crippen molar-refractivity contribution >= 4 is 5.91 Å². The van der Waals surface area contributed by atoms with Gasteiger partial charge in [-0.15, -0.1) is 0 Å². The van der Waals surface area contributed by atoms with Gasteiger partial charge < -0.3 is 15.4 Å². The third-order valence-corrected chi connectivity index (χ3v) is 3.54. The van der Waals surface area contributed by atoms with Crippen LogP contribution in [0.15, 0.2) is 0 Å². The molecule has 1 aliphatic heterocycles. The summed E-state index contributed by atoms with van der Waals surface area (Å²) in [7, 11) is 0. The Balaban J connectivity index is 1.89. The molecule has 1 amide bonds. The highest BCUT2D eigenvalue weighted by atomic mass is 16.5. The number of ether oxygens (including phenoxy) is 1. The minimum Gasteiger partial charge on any atom is -0.377 e. The summed E-state index contributed by atoms with van der Waals surface area (Å²) in [5, 5.41) is 0. The Kier molecular flexibility index (Phi) is 2.98. The predicted molar refractivity (Wildman–Crippen MR) is 57.4 cm³/mol. The van der Waals surface area contributed by atoms with E-state index in [0.29, 0.717) is 19.6 Å². The van der Waals surface area contributed by atoms with Gasteiger partial charge in [-0.2, -0.15) is 0 Å². The molecule has 1 saturated heterocycles. The normalized spacial score (nSPS) is 29.7. The Morgan fingerprint density at radius 1 is 1.60 bits per heavy atom. The van der Waals surface area contributed by atoms with Crippen LogP contribution in [0.2, 0.25) is 0 Å². The number of amides is 1. The number of nitrogens with zero attached hydrogens (tertiary/aromatic N) is 1. The molecule has 2 aliphatic rings. The molecule has 0 unspecified atom stereocenters. The first-order valence-electron chi connectivity index (χ1n) is 5.77. The summed E-state index contributed by atoms with van der Waals surface area (Å²) in [4.78, 5) is 13.9. The van der Waals surface area contributed by atoms with Gasteiger partial charge in [0, 0.05) is 18.5 Å². The molecule has 0 aromatic heterocycles. The fraction of sp³-hybridized carbons (Fsp3) is 0.909. The molecule has 2 fully saturated rings. The standard InChI is InChI=1S/C11H20N2O2/c1-9-8-15-6-5-13(9)10(14)7-11(12)3-2-4-11/h9H,2-8,12H2,1H3/t9-/m1/s1. The van der Waals surface area contributed by atoms with E-state index in [9.17, 15) is 4.79 Å². The van der Waals surface area contributed by atoms with Crippen molar-refractivity contribution in [2.75, 3.05) is 19.8 Å². The van der Waals surface area contributed by atoms with Crippen LogP contribution in [0.5, 0.6) is 0 Å². The lowest BCUT2D eigenvalue weighted by Crippen LogP contribution is -2.54. The molecule has 4 heteroatoms.